The second-order valence-electron chi connectivity index (χ2n) is 4.49. The fourth-order valence-electron chi connectivity index (χ4n) is 2.17. The van der Waals surface area contributed by atoms with Crippen LogP contribution >= 0.6 is 0 Å². The number of nitrogens with zero attached hydrogens (tertiary/aromatic N) is 1. The number of nitrogens with one attached hydrogen (secondary N) is 1. The molecule has 2 nitrogen and oxygen atoms in total. The minimum Gasteiger partial charge on any atom is -0.309 e. The van der Waals surface area contributed by atoms with Crippen molar-refractivity contribution < 1.29 is 0 Å². The molecule has 18 heavy (non-hydrogen) atoms. The van der Waals surface area contributed by atoms with E-state index in [0.717, 1.165) is 13.0 Å². The maximum atomic E-state index is 8.75. The van der Waals surface area contributed by atoms with Crippen LogP contribution in [-0.4, -0.2) is 6.04 Å². The van der Waals surface area contributed by atoms with Crippen LogP contribution in [0, 0.1) is 11.3 Å². The molecule has 0 aliphatic carbocycles. The Hall–Kier alpha value is -1.85. The van der Waals surface area contributed by atoms with Gasteiger partial charge in [0.15, 0.2) is 0 Å². The smallest absolute Gasteiger partial charge is 0.0638 e. The number of benzene rings is 2. The Bertz CT molecular complexity index is 549. The molecule has 2 rings (SSSR count). The van der Waals surface area contributed by atoms with Crippen LogP contribution in [0.4, 0.5) is 0 Å². The zero-order chi connectivity index (χ0) is 12.8. The zero-order valence-electron chi connectivity index (χ0n) is 10.7. The van der Waals surface area contributed by atoms with Crippen LogP contribution < -0.4 is 5.32 Å². The van der Waals surface area contributed by atoms with Crippen molar-refractivity contribution in [2.45, 2.75) is 32.4 Å². The SMILES string of the molecule is CCC(CC#N)NCc1cccc2ccccc12. The van der Waals surface area contributed by atoms with Gasteiger partial charge in [0, 0.05) is 12.6 Å². The van der Waals surface area contributed by atoms with Crippen molar-refractivity contribution in [3.63, 3.8) is 0 Å². The Morgan fingerprint density at radius 2 is 1.94 bits per heavy atom. The summed E-state index contributed by atoms with van der Waals surface area (Å²) < 4.78 is 0. The van der Waals surface area contributed by atoms with Crippen molar-refractivity contribution in [1.29, 1.82) is 5.26 Å². The molecule has 0 radical (unpaired) electrons. The van der Waals surface area contributed by atoms with E-state index >= 15 is 0 Å². The highest BCUT2D eigenvalue weighted by Crippen LogP contribution is 2.18. The second-order valence-corrected chi connectivity index (χ2v) is 4.49. The van der Waals surface area contributed by atoms with Gasteiger partial charge in [0.2, 0.25) is 0 Å². The van der Waals surface area contributed by atoms with Gasteiger partial charge in [-0.3, -0.25) is 0 Å². The first-order valence-electron chi connectivity index (χ1n) is 6.42. The fraction of sp³-hybridized carbons (Fsp3) is 0.312. The Morgan fingerprint density at radius 1 is 1.17 bits per heavy atom. The molecule has 0 aliphatic heterocycles. The lowest BCUT2D eigenvalue weighted by molar-refractivity contribution is 0.506. The molecule has 0 spiro atoms. The maximum Gasteiger partial charge on any atom is 0.0638 e. The molecule has 0 bridgehead atoms. The van der Waals surface area contributed by atoms with Gasteiger partial charge in [-0.2, -0.15) is 5.26 Å². The van der Waals surface area contributed by atoms with E-state index in [0.29, 0.717) is 6.42 Å². The highest BCUT2D eigenvalue weighted by Gasteiger charge is 2.06. The Morgan fingerprint density at radius 3 is 2.72 bits per heavy atom. The summed E-state index contributed by atoms with van der Waals surface area (Å²) in [5, 5.41) is 14.8. The maximum absolute atomic E-state index is 8.75. The lowest BCUT2D eigenvalue weighted by Gasteiger charge is -2.14. The Kier molecular flexibility index (Phi) is 4.33. The van der Waals surface area contributed by atoms with E-state index in [1.165, 1.54) is 16.3 Å². The molecule has 0 amide bonds. The van der Waals surface area contributed by atoms with Crippen LogP contribution in [0.3, 0.4) is 0 Å². The van der Waals surface area contributed by atoms with Gasteiger partial charge in [-0.15, -0.1) is 0 Å². The molecule has 0 heterocycles. The summed E-state index contributed by atoms with van der Waals surface area (Å²) in [5.41, 5.74) is 1.30. The van der Waals surface area contributed by atoms with Crippen molar-refractivity contribution in [1.82, 2.24) is 5.32 Å². The molecule has 1 atom stereocenters. The molecule has 0 saturated heterocycles. The lowest BCUT2D eigenvalue weighted by atomic mass is 10.0. The highest BCUT2D eigenvalue weighted by atomic mass is 14.9. The predicted octanol–water partition coefficient (Wildman–Crippen LogP) is 3.62. The van der Waals surface area contributed by atoms with Crippen molar-refractivity contribution in [3.05, 3.63) is 48.0 Å². The number of rotatable bonds is 5. The van der Waals surface area contributed by atoms with Gasteiger partial charge < -0.3 is 5.32 Å². The molecule has 1 unspecified atom stereocenters. The van der Waals surface area contributed by atoms with Crippen molar-refractivity contribution in [2.75, 3.05) is 0 Å². The van der Waals surface area contributed by atoms with Gasteiger partial charge in [-0.05, 0) is 22.8 Å². The summed E-state index contributed by atoms with van der Waals surface area (Å²) in [7, 11) is 0. The normalized spacial score (nSPS) is 12.2. The molecule has 0 aromatic heterocycles. The van der Waals surface area contributed by atoms with E-state index in [-0.39, 0.29) is 6.04 Å². The molecular weight excluding hydrogens is 220 g/mol. The summed E-state index contributed by atoms with van der Waals surface area (Å²) in [4.78, 5) is 0. The quantitative estimate of drug-likeness (QED) is 0.863. The van der Waals surface area contributed by atoms with E-state index in [1.807, 2.05) is 0 Å². The van der Waals surface area contributed by atoms with E-state index in [4.69, 9.17) is 5.26 Å². The number of nitriles is 1. The summed E-state index contributed by atoms with van der Waals surface area (Å²) in [6, 6.07) is 17.3. The summed E-state index contributed by atoms with van der Waals surface area (Å²) in [5.74, 6) is 0. The molecule has 0 fully saturated rings. The molecule has 0 aliphatic rings. The number of hydrogen-bond donors (Lipinski definition) is 1. The molecule has 2 aromatic carbocycles. The van der Waals surface area contributed by atoms with Crippen LogP contribution in [0.5, 0.6) is 0 Å². The van der Waals surface area contributed by atoms with E-state index < -0.39 is 0 Å². The van der Waals surface area contributed by atoms with E-state index in [1.54, 1.807) is 0 Å². The lowest BCUT2D eigenvalue weighted by Crippen LogP contribution is -2.27. The number of hydrogen-bond acceptors (Lipinski definition) is 2. The average molecular weight is 238 g/mol. The average Bonchev–Trinajstić information content (AvgIpc) is 2.43. The van der Waals surface area contributed by atoms with Crippen LogP contribution in [0.25, 0.3) is 10.8 Å². The summed E-state index contributed by atoms with van der Waals surface area (Å²) in [6.45, 7) is 2.93. The molecule has 92 valence electrons. The van der Waals surface area contributed by atoms with Gasteiger partial charge in [-0.1, -0.05) is 49.4 Å². The molecule has 2 heteroatoms. The molecule has 1 N–H and O–H groups in total. The van der Waals surface area contributed by atoms with Gasteiger partial charge >= 0.3 is 0 Å². The minimum atomic E-state index is 0.286. The Balaban J connectivity index is 2.14. The van der Waals surface area contributed by atoms with Crippen LogP contribution in [0.1, 0.15) is 25.3 Å². The summed E-state index contributed by atoms with van der Waals surface area (Å²) in [6.07, 6.45) is 1.56. The Labute approximate surface area is 108 Å². The molecular formula is C16H18N2. The van der Waals surface area contributed by atoms with Crippen LogP contribution in [0.2, 0.25) is 0 Å². The molecule has 0 saturated carbocycles. The highest BCUT2D eigenvalue weighted by molar-refractivity contribution is 5.85. The predicted molar refractivity (Wildman–Crippen MR) is 75.1 cm³/mol. The summed E-state index contributed by atoms with van der Waals surface area (Å²) >= 11 is 0. The van der Waals surface area contributed by atoms with Gasteiger partial charge in [0.1, 0.15) is 0 Å². The van der Waals surface area contributed by atoms with Crippen molar-refractivity contribution >= 4 is 10.8 Å². The second kappa shape index (κ2) is 6.18. The van der Waals surface area contributed by atoms with Crippen molar-refractivity contribution in [2.24, 2.45) is 0 Å². The number of fused-ring (bicyclic) bond motifs is 1. The first kappa shape index (κ1) is 12.6. The first-order chi connectivity index (χ1) is 8.85. The third-order valence-electron chi connectivity index (χ3n) is 3.29. The van der Waals surface area contributed by atoms with Gasteiger partial charge in [0.05, 0.1) is 12.5 Å². The van der Waals surface area contributed by atoms with Crippen molar-refractivity contribution in [3.8, 4) is 6.07 Å². The van der Waals surface area contributed by atoms with Crippen LogP contribution in [-0.2, 0) is 6.54 Å². The van der Waals surface area contributed by atoms with E-state index in [9.17, 15) is 0 Å². The molecule has 2 aromatic rings. The standard InChI is InChI=1S/C16H18N2/c1-2-15(10-11-17)18-12-14-8-5-7-13-6-3-4-9-16(13)14/h3-9,15,18H,2,10,12H2,1H3. The van der Waals surface area contributed by atoms with Gasteiger partial charge in [-0.25, -0.2) is 0 Å². The van der Waals surface area contributed by atoms with Gasteiger partial charge in [0.25, 0.3) is 0 Å². The third-order valence-corrected chi connectivity index (χ3v) is 3.29. The fourth-order valence-corrected chi connectivity index (χ4v) is 2.17. The van der Waals surface area contributed by atoms with E-state index in [2.05, 4.69) is 60.8 Å². The van der Waals surface area contributed by atoms with Crippen LogP contribution in [0.15, 0.2) is 42.5 Å². The topological polar surface area (TPSA) is 35.8 Å². The first-order valence-corrected chi connectivity index (χ1v) is 6.42. The zero-order valence-corrected chi connectivity index (χ0v) is 10.7. The monoisotopic (exact) mass is 238 g/mol. The largest absolute Gasteiger partial charge is 0.309 e. The minimum absolute atomic E-state index is 0.286. The third kappa shape index (κ3) is 2.88.